The summed E-state index contributed by atoms with van der Waals surface area (Å²) >= 11 is 0. The molecule has 0 bridgehead atoms. The van der Waals surface area contributed by atoms with Gasteiger partial charge in [0, 0.05) is 15.2 Å². The fourth-order valence-corrected chi connectivity index (χ4v) is 64.6. The van der Waals surface area contributed by atoms with E-state index < -0.39 is 38.7 Å². The molecule has 6 heteroatoms. The van der Waals surface area contributed by atoms with Crippen molar-refractivity contribution in [3.8, 4) is 0 Å². The quantitative estimate of drug-likeness (QED) is 0.368. The molecule has 0 amide bonds. The highest BCUT2D eigenvalue weighted by molar-refractivity contribution is 7.72. The maximum atomic E-state index is 7.63. The standard InChI is InChI=1S/C22H52OSi5/c1-20(2,3)22(23-24(7,8)9)19(27(16,17)21(4,5)6)18-28(22,25(10,11)12)26(13,14)15/h18H,1-17H3. The van der Waals surface area contributed by atoms with E-state index in [4.69, 9.17) is 4.43 Å². The molecule has 1 aliphatic heterocycles. The van der Waals surface area contributed by atoms with Gasteiger partial charge in [-0.15, -0.1) is 0 Å². The van der Waals surface area contributed by atoms with Crippen molar-refractivity contribution in [1.29, 1.82) is 0 Å². The van der Waals surface area contributed by atoms with E-state index in [0.29, 0.717) is 5.04 Å². The van der Waals surface area contributed by atoms with Gasteiger partial charge in [0.2, 0.25) is 0 Å². The summed E-state index contributed by atoms with van der Waals surface area (Å²) in [5, 5.41) is 2.17. The molecule has 166 valence electrons. The van der Waals surface area contributed by atoms with Gasteiger partial charge < -0.3 is 4.43 Å². The average molecular weight is 473 g/mol. The van der Waals surface area contributed by atoms with E-state index in [-0.39, 0.29) is 10.6 Å². The number of hydrogen-bond donors (Lipinski definition) is 0. The second kappa shape index (κ2) is 6.89. The van der Waals surface area contributed by atoms with Crippen molar-refractivity contribution in [3.63, 3.8) is 0 Å². The first-order valence-electron chi connectivity index (χ1n) is 11.2. The molecule has 0 aliphatic carbocycles. The predicted molar refractivity (Wildman–Crippen MR) is 144 cm³/mol. The highest BCUT2D eigenvalue weighted by Crippen LogP contribution is 2.64. The Labute approximate surface area is 182 Å². The van der Waals surface area contributed by atoms with E-state index in [1.54, 1.807) is 5.20 Å². The molecule has 1 atom stereocenters. The maximum Gasteiger partial charge on any atom is 0.184 e. The van der Waals surface area contributed by atoms with Gasteiger partial charge in [0.25, 0.3) is 0 Å². The molecule has 0 spiro atoms. The van der Waals surface area contributed by atoms with Crippen LogP contribution in [0.5, 0.6) is 0 Å². The van der Waals surface area contributed by atoms with Crippen LogP contribution in [0.15, 0.2) is 10.9 Å². The smallest absolute Gasteiger partial charge is 0.184 e. The lowest BCUT2D eigenvalue weighted by molar-refractivity contribution is 0.0613. The van der Waals surface area contributed by atoms with Crippen LogP contribution in [0.1, 0.15) is 41.5 Å². The first-order chi connectivity index (χ1) is 11.8. The van der Waals surface area contributed by atoms with Crippen LogP contribution in [0.4, 0.5) is 0 Å². The Balaban J connectivity index is 4.17. The summed E-state index contributed by atoms with van der Waals surface area (Å²) < 4.78 is 7.63. The van der Waals surface area contributed by atoms with E-state index >= 15 is 0 Å². The van der Waals surface area contributed by atoms with Gasteiger partial charge >= 0.3 is 0 Å². The number of rotatable bonds is 5. The van der Waals surface area contributed by atoms with Crippen molar-refractivity contribution in [3.05, 3.63) is 10.9 Å². The topological polar surface area (TPSA) is 9.23 Å². The maximum absolute atomic E-state index is 7.63. The third kappa shape index (κ3) is 3.76. The van der Waals surface area contributed by atoms with Gasteiger partial charge in [-0.25, -0.2) is 0 Å². The van der Waals surface area contributed by atoms with Gasteiger partial charge in [0.05, 0.1) is 13.3 Å². The molecule has 1 heterocycles. The molecule has 0 radical (unpaired) electrons. The normalized spacial score (nSPS) is 24.7. The lowest BCUT2D eigenvalue weighted by Crippen LogP contribution is -2.92. The Morgan fingerprint density at radius 1 is 0.714 bits per heavy atom. The first kappa shape index (κ1) is 26.8. The molecule has 0 N–H and O–H groups in total. The van der Waals surface area contributed by atoms with Gasteiger partial charge in [-0.05, 0) is 30.1 Å². The minimum atomic E-state index is -1.76. The zero-order valence-corrected chi connectivity index (χ0v) is 27.5. The molecular weight excluding hydrogens is 421 g/mol. The monoisotopic (exact) mass is 472 g/mol. The van der Waals surface area contributed by atoms with Gasteiger partial charge in [-0.3, -0.25) is 0 Å². The molecule has 1 aliphatic rings. The van der Waals surface area contributed by atoms with Crippen LogP contribution in [-0.2, 0) is 4.43 Å². The van der Waals surface area contributed by atoms with Crippen molar-refractivity contribution in [2.75, 3.05) is 0 Å². The van der Waals surface area contributed by atoms with Crippen LogP contribution < -0.4 is 0 Å². The van der Waals surface area contributed by atoms with Crippen LogP contribution in [0.3, 0.4) is 0 Å². The Morgan fingerprint density at radius 3 is 1.29 bits per heavy atom. The van der Waals surface area contributed by atoms with E-state index in [1.165, 1.54) is 0 Å². The lowest BCUT2D eigenvalue weighted by atomic mass is 9.87. The van der Waals surface area contributed by atoms with Crippen LogP contribution in [-0.4, -0.2) is 43.9 Å². The molecule has 1 unspecified atom stereocenters. The summed E-state index contributed by atoms with van der Waals surface area (Å²) in [6.07, 6.45) is 0. The molecule has 0 aromatic carbocycles. The zero-order valence-electron chi connectivity index (χ0n) is 22.5. The Hall–Kier alpha value is 0.784. The first-order valence-corrected chi connectivity index (χ1v) is 28.7. The average Bonchev–Trinajstić information content (AvgIpc) is 2.26. The summed E-state index contributed by atoms with van der Waals surface area (Å²) in [7, 11) is -8.05. The summed E-state index contributed by atoms with van der Waals surface area (Å²) in [4.78, 5) is 0. The molecule has 0 saturated heterocycles. The molecule has 0 saturated carbocycles. The second-order valence-electron chi connectivity index (χ2n) is 14.9. The third-order valence-corrected chi connectivity index (χ3v) is 53.3. The SMILES string of the molecule is CC(C)(C)C1(O[Si](C)(C)C)C([Si](C)(C)C(C)(C)C)=C[Si]1([Si](C)(C)C)[Si](C)(C)C. The van der Waals surface area contributed by atoms with Crippen molar-refractivity contribution in [1.82, 2.24) is 0 Å². The van der Waals surface area contributed by atoms with E-state index in [2.05, 4.69) is 119 Å². The minimum Gasteiger partial charge on any atom is -0.411 e. The zero-order chi connectivity index (χ0) is 23.0. The van der Waals surface area contributed by atoms with Gasteiger partial charge in [0.1, 0.15) is 7.11 Å². The van der Waals surface area contributed by atoms with Crippen molar-refractivity contribution in [2.24, 2.45) is 5.41 Å². The lowest BCUT2D eigenvalue weighted by Gasteiger charge is -2.74. The summed E-state index contributed by atoms with van der Waals surface area (Å²) in [6.45, 7) is 43.5. The van der Waals surface area contributed by atoms with Crippen LogP contribution in [0.25, 0.3) is 0 Å². The highest BCUT2D eigenvalue weighted by Gasteiger charge is 2.77. The van der Waals surface area contributed by atoms with Crippen LogP contribution in [0.2, 0.25) is 77.1 Å². The molecule has 0 fully saturated rings. The summed E-state index contributed by atoms with van der Waals surface area (Å²) in [5.41, 5.74) is 3.13. The van der Waals surface area contributed by atoms with E-state index in [0.717, 1.165) is 0 Å². The molecule has 0 aromatic rings. The predicted octanol–water partition coefficient (Wildman–Crippen LogP) is 7.97. The largest absolute Gasteiger partial charge is 0.411 e. The van der Waals surface area contributed by atoms with Crippen molar-refractivity contribution >= 4 is 38.7 Å². The van der Waals surface area contributed by atoms with Gasteiger partial charge in [0.15, 0.2) is 8.32 Å². The van der Waals surface area contributed by atoms with Crippen molar-refractivity contribution in [2.45, 2.75) is 124 Å². The van der Waals surface area contributed by atoms with Gasteiger partial charge in [-0.2, -0.15) is 0 Å². The summed E-state index contributed by atoms with van der Waals surface area (Å²) in [5.74, 6) is 0. The fraction of sp³-hybridized carbons (Fsp3) is 0.909. The second-order valence-corrected chi connectivity index (χ2v) is 51.4. The Bertz CT molecular complexity index is 616. The molecule has 1 nitrogen and oxygen atoms in total. The summed E-state index contributed by atoms with van der Waals surface area (Å²) in [6, 6.07) is 0. The number of hydrogen-bond acceptors (Lipinski definition) is 1. The Morgan fingerprint density at radius 2 is 1.07 bits per heavy atom. The van der Waals surface area contributed by atoms with E-state index in [9.17, 15) is 0 Å². The third-order valence-electron chi connectivity index (χ3n) is 7.73. The highest BCUT2D eigenvalue weighted by atomic mass is 29.6. The fourth-order valence-electron chi connectivity index (χ4n) is 5.94. The van der Waals surface area contributed by atoms with Gasteiger partial charge in [-0.1, -0.05) is 105 Å². The van der Waals surface area contributed by atoms with Crippen LogP contribution in [0, 0.1) is 5.41 Å². The van der Waals surface area contributed by atoms with Crippen LogP contribution >= 0.6 is 0 Å². The molecular formula is C22H52OSi5. The minimum absolute atomic E-state index is 0.0302. The van der Waals surface area contributed by atoms with E-state index in [1.807, 2.05) is 0 Å². The van der Waals surface area contributed by atoms with Crippen molar-refractivity contribution < 1.29 is 4.43 Å². The molecule has 28 heavy (non-hydrogen) atoms. The molecule has 0 aromatic heterocycles. The Kier molecular flexibility index (Phi) is 6.60. The molecule has 1 rings (SSSR count).